The van der Waals surface area contributed by atoms with Crippen LogP contribution in [-0.2, 0) is 20.7 Å². The zero-order chi connectivity index (χ0) is 19.4. The van der Waals surface area contributed by atoms with Gasteiger partial charge in [-0.05, 0) is 51.5 Å². The van der Waals surface area contributed by atoms with E-state index in [1.807, 2.05) is 43.9 Å². The summed E-state index contributed by atoms with van der Waals surface area (Å²) in [4.78, 5) is 27.6. The molecule has 1 aromatic rings. The van der Waals surface area contributed by atoms with Crippen molar-refractivity contribution in [1.82, 2.24) is 4.90 Å². The lowest BCUT2D eigenvalue weighted by Crippen LogP contribution is -2.39. The van der Waals surface area contributed by atoms with E-state index >= 15 is 0 Å². The van der Waals surface area contributed by atoms with Crippen LogP contribution in [0.4, 0.5) is 0 Å². The lowest BCUT2D eigenvalue weighted by atomic mass is 9.76. The Balaban J connectivity index is 2.06. The van der Waals surface area contributed by atoms with E-state index in [0.29, 0.717) is 12.5 Å². The van der Waals surface area contributed by atoms with Gasteiger partial charge in [0.05, 0.1) is 11.8 Å². The zero-order valence-electron chi connectivity index (χ0n) is 16.9. The minimum atomic E-state index is -0.604. The van der Waals surface area contributed by atoms with Crippen LogP contribution in [0.5, 0.6) is 0 Å². The first-order valence-corrected chi connectivity index (χ1v) is 9.66. The van der Waals surface area contributed by atoms with Crippen LogP contribution in [0.1, 0.15) is 59.4 Å². The standard InChI is InChI=1S/C22H33NO3/c1-17(2)15-22(16-19(24)26-21(3,4)5)12-14-23(20(22)25)13-11-18-9-7-6-8-10-18/h6-10,17H,11-16H2,1-5H3. The first-order valence-electron chi connectivity index (χ1n) is 9.66. The fourth-order valence-electron chi connectivity index (χ4n) is 3.88. The molecule has 2 rings (SSSR count). The van der Waals surface area contributed by atoms with Crippen LogP contribution in [0.3, 0.4) is 0 Å². The fraction of sp³-hybridized carbons (Fsp3) is 0.636. The highest BCUT2D eigenvalue weighted by atomic mass is 16.6. The molecule has 0 N–H and O–H groups in total. The molecule has 1 heterocycles. The van der Waals surface area contributed by atoms with Crippen molar-refractivity contribution >= 4 is 11.9 Å². The van der Waals surface area contributed by atoms with Gasteiger partial charge in [0.15, 0.2) is 0 Å². The maximum atomic E-state index is 13.2. The first kappa shape index (κ1) is 20.5. The number of likely N-dealkylation sites (tertiary alicyclic amines) is 1. The molecule has 1 amide bonds. The number of rotatable bonds is 7. The summed E-state index contributed by atoms with van der Waals surface area (Å²) in [5, 5.41) is 0. The quantitative estimate of drug-likeness (QED) is 0.685. The van der Waals surface area contributed by atoms with Gasteiger partial charge in [0, 0.05) is 13.1 Å². The molecular formula is C22H33NO3. The van der Waals surface area contributed by atoms with Crippen molar-refractivity contribution in [3.8, 4) is 0 Å². The van der Waals surface area contributed by atoms with Gasteiger partial charge in [-0.3, -0.25) is 9.59 Å². The van der Waals surface area contributed by atoms with E-state index in [-0.39, 0.29) is 18.3 Å². The molecule has 144 valence electrons. The molecule has 1 fully saturated rings. The Morgan fingerprint density at radius 1 is 1.23 bits per heavy atom. The van der Waals surface area contributed by atoms with Gasteiger partial charge in [0.2, 0.25) is 5.91 Å². The summed E-state index contributed by atoms with van der Waals surface area (Å²) in [6.45, 7) is 11.2. The summed E-state index contributed by atoms with van der Waals surface area (Å²) >= 11 is 0. The van der Waals surface area contributed by atoms with E-state index in [9.17, 15) is 9.59 Å². The molecule has 4 heteroatoms. The molecular weight excluding hydrogens is 326 g/mol. The Hall–Kier alpha value is -1.84. The molecule has 1 atom stereocenters. The van der Waals surface area contributed by atoms with Crippen LogP contribution in [0.25, 0.3) is 0 Å². The third kappa shape index (κ3) is 5.58. The normalized spacial score (nSPS) is 20.7. The van der Waals surface area contributed by atoms with Gasteiger partial charge in [-0.2, -0.15) is 0 Å². The van der Waals surface area contributed by atoms with Crippen molar-refractivity contribution in [3.63, 3.8) is 0 Å². The van der Waals surface area contributed by atoms with Gasteiger partial charge in [-0.25, -0.2) is 0 Å². The second-order valence-electron chi connectivity index (χ2n) is 8.92. The van der Waals surface area contributed by atoms with Crippen molar-refractivity contribution in [2.75, 3.05) is 13.1 Å². The van der Waals surface area contributed by atoms with Crippen molar-refractivity contribution in [3.05, 3.63) is 35.9 Å². The van der Waals surface area contributed by atoms with Crippen molar-refractivity contribution in [2.45, 2.75) is 65.9 Å². The van der Waals surface area contributed by atoms with Gasteiger partial charge in [-0.1, -0.05) is 44.2 Å². The number of amides is 1. The summed E-state index contributed by atoms with van der Waals surface area (Å²) in [6.07, 6.45) is 2.49. The molecule has 0 spiro atoms. The smallest absolute Gasteiger partial charge is 0.307 e. The van der Waals surface area contributed by atoms with E-state index in [1.54, 1.807) is 0 Å². The molecule has 0 aromatic heterocycles. The molecule has 26 heavy (non-hydrogen) atoms. The summed E-state index contributed by atoms with van der Waals surface area (Å²) in [7, 11) is 0. The Bertz CT molecular complexity index is 618. The highest BCUT2D eigenvalue weighted by molar-refractivity contribution is 5.89. The number of ether oxygens (including phenoxy) is 1. The van der Waals surface area contributed by atoms with Crippen LogP contribution in [0, 0.1) is 11.3 Å². The zero-order valence-corrected chi connectivity index (χ0v) is 16.9. The summed E-state index contributed by atoms with van der Waals surface area (Å²) in [6, 6.07) is 10.2. The number of carbonyl (C=O) groups is 2. The number of hydrogen-bond acceptors (Lipinski definition) is 3. The van der Waals surface area contributed by atoms with E-state index in [4.69, 9.17) is 4.74 Å². The highest BCUT2D eigenvalue weighted by Crippen LogP contribution is 2.41. The predicted octanol–water partition coefficient (Wildman–Crippen LogP) is 4.23. The van der Waals surface area contributed by atoms with Crippen LogP contribution < -0.4 is 0 Å². The van der Waals surface area contributed by atoms with E-state index < -0.39 is 11.0 Å². The van der Waals surface area contributed by atoms with Crippen molar-refractivity contribution in [1.29, 1.82) is 0 Å². The van der Waals surface area contributed by atoms with Gasteiger partial charge in [-0.15, -0.1) is 0 Å². The predicted molar refractivity (Wildman–Crippen MR) is 104 cm³/mol. The molecule has 1 saturated heterocycles. The lowest BCUT2D eigenvalue weighted by Gasteiger charge is -2.30. The van der Waals surface area contributed by atoms with Crippen LogP contribution in [0.2, 0.25) is 0 Å². The number of nitrogens with zero attached hydrogens (tertiary/aromatic N) is 1. The third-order valence-corrected chi connectivity index (χ3v) is 4.82. The average Bonchev–Trinajstić information content (AvgIpc) is 2.80. The Morgan fingerprint density at radius 3 is 2.46 bits per heavy atom. The first-order chi connectivity index (χ1) is 12.1. The minimum absolute atomic E-state index is 0.119. The average molecular weight is 360 g/mol. The molecule has 4 nitrogen and oxygen atoms in total. The Morgan fingerprint density at radius 2 is 1.88 bits per heavy atom. The molecule has 1 unspecified atom stereocenters. The monoisotopic (exact) mass is 359 g/mol. The van der Waals surface area contributed by atoms with E-state index in [1.165, 1.54) is 5.56 Å². The maximum absolute atomic E-state index is 13.2. The van der Waals surface area contributed by atoms with E-state index in [2.05, 4.69) is 26.0 Å². The van der Waals surface area contributed by atoms with Crippen LogP contribution >= 0.6 is 0 Å². The summed E-state index contributed by atoms with van der Waals surface area (Å²) < 4.78 is 5.51. The number of esters is 1. The SMILES string of the molecule is CC(C)CC1(CC(=O)OC(C)(C)C)CCN(CCc2ccccc2)C1=O. The van der Waals surface area contributed by atoms with Crippen LogP contribution in [-0.4, -0.2) is 35.5 Å². The second kappa shape index (κ2) is 8.24. The second-order valence-corrected chi connectivity index (χ2v) is 8.92. The maximum Gasteiger partial charge on any atom is 0.307 e. The molecule has 1 aromatic carbocycles. The molecule has 0 radical (unpaired) electrons. The van der Waals surface area contributed by atoms with Gasteiger partial charge in [0.25, 0.3) is 0 Å². The fourth-order valence-corrected chi connectivity index (χ4v) is 3.88. The lowest BCUT2D eigenvalue weighted by molar-refractivity contribution is -0.161. The summed E-state index contributed by atoms with van der Waals surface area (Å²) in [5.41, 5.74) is 0.103. The van der Waals surface area contributed by atoms with Crippen molar-refractivity contribution < 1.29 is 14.3 Å². The van der Waals surface area contributed by atoms with Crippen molar-refractivity contribution in [2.24, 2.45) is 11.3 Å². The van der Waals surface area contributed by atoms with Crippen LogP contribution in [0.15, 0.2) is 30.3 Å². The Kier molecular flexibility index (Phi) is 6.48. The highest BCUT2D eigenvalue weighted by Gasteiger charge is 2.48. The largest absolute Gasteiger partial charge is 0.460 e. The number of hydrogen-bond donors (Lipinski definition) is 0. The molecule has 0 saturated carbocycles. The number of carbonyl (C=O) groups excluding carboxylic acids is 2. The van der Waals surface area contributed by atoms with Gasteiger partial charge >= 0.3 is 5.97 Å². The molecule has 1 aliphatic rings. The number of benzene rings is 1. The minimum Gasteiger partial charge on any atom is -0.460 e. The topological polar surface area (TPSA) is 46.6 Å². The molecule has 0 aliphatic carbocycles. The molecule has 0 bridgehead atoms. The third-order valence-electron chi connectivity index (χ3n) is 4.82. The van der Waals surface area contributed by atoms with Gasteiger partial charge in [0.1, 0.15) is 5.60 Å². The Labute approximate surface area is 157 Å². The molecule has 1 aliphatic heterocycles. The summed E-state index contributed by atoms with van der Waals surface area (Å²) in [5.74, 6) is 0.208. The van der Waals surface area contributed by atoms with Gasteiger partial charge < -0.3 is 9.64 Å². The van der Waals surface area contributed by atoms with E-state index in [0.717, 1.165) is 25.8 Å².